The monoisotopic (exact) mass is 394 g/mol. The van der Waals surface area contributed by atoms with Crippen LogP contribution in [0.3, 0.4) is 0 Å². The van der Waals surface area contributed by atoms with Crippen molar-refractivity contribution in [2.24, 2.45) is 0 Å². The molecule has 0 bridgehead atoms. The Balaban J connectivity index is 1.45. The molecule has 3 heteroatoms. The molecule has 2 nitrogen and oxygen atoms in total. The van der Waals surface area contributed by atoms with Crippen LogP contribution in [0.15, 0.2) is 120 Å². The summed E-state index contributed by atoms with van der Waals surface area (Å²) in [5.41, 5.74) is 5.71. The lowest BCUT2D eigenvalue weighted by Crippen LogP contribution is -2.22. The molecule has 1 N–H and O–H groups in total. The van der Waals surface area contributed by atoms with Crippen LogP contribution in [-0.2, 0) is 4.74 Å². The van der Waals surface area contributed by atoms with Gasteiger partial charge in [-0.2, -0.15) is 0 Å². The molecule has 2 aliphatic rings. The molecular weight excluding hydrogens is 373 g/mol. The highest BCUT2D eigenvalue weighted by atomic mass is 31.1. The molecule has 1 fully saturated rings. The number of allylic oxidation sites excluding steroid dienone is 1. The van der Waals surface area contributed by atoms with Gasteiger partial charge >= 0.3 is 0 Å². The fourth-order valence-electron chi connectivity index (χ4n) is 3.73. The molecule has 141 valence electrons. The minimum Gasteiger partial charge on any atom is -0.349 e. The SMILES string of the molecule is C1=CC=C(P(c2ccccc2)c2ccccc2)C=1[C]1N[C@@H](c2ccccc2)CO1. The average molecular weight is 394 g/mol. The van der Waals surface area contributed by atoms with Crippen molar-refractivity contribution in [1.29, 1.82) is 0 Å². The third-order valence-electron chi connectivity index (χ3n) is 5.12. The van der Waals surface area contributed by atoms with Crippen LogP contribution in [0.5, 0.6) is 0 Å². The predicted octanol–water partition coefficient (Wildman–Crippen LogP) is 4.95. The van der Waals surface area contributed by atoms with Crippen LogP contribution in [0, 0.1) is 6.23 Å². The molecule has 1 saturated heterocycles. The fourth-order valence-corrected chi connectivity index (χ4v) is 6.14. The Morgan fingerprint density at radius 2 is 1.38 bits per heavy atom. The molecule has 0 unspecified atom stereocenters. The van der Waals surface area contributed by atoms with Gasteiger partial charge in [-0.3, -0.25) is 5.32 Å². The van der Waals surface area contributed by atoms with Crippen molar-refractivity contribution >= 4 is 18.5 Å². The van der Waals surface area contributed by atoms with E-state index in [0.29, 0.717) is 6.61 Å². The summed E-state index contributed by atoms with van der Waals surface area (Å²) in [6, 6.07) is 32.1. The van der Waals surface area contributed by atoms with Crippen molar-refractivity contribution in [3.63, 3.8) is 0 Å². The smallest absolute Gasteiger partial charge is 0.202 e. The zero-order chi connectivity index (χ0) is 19.5. The maximum atomic E-state index is 6.11. The van der Waals surface area contributed by atoms with Gasteiger partial charge in [0.15, 0.2) is 0 Å². The van der Waals surface area contributed by atoms with Crippen molar-refractivity contribution in [2.45, 2.75) is 6.04 Å². The predicted molar refractivity (Wildman–Crippen MR) is 120 cm³/mol. The maximum absolute atomic E-state index is 6.11. The third kappa shape index (κ3) is 3.77. The topological polar surface area (TPSA) is 21.3 Å². The van der Waals surface area contributed by atoms with Crippen LogP contribution in [0.25, 0.3) is 0 Å². The average Bonchev–Trinajstić information content (AvgIpc) is 3.46. The first kappa shape index (κ1) is 18.3. The molecule has 0 aromatic heterocycles. The van der Waals surface area contributed by atoms with Crippen LogP contribution in [0.2, 0.25) is 0 Å². The third-order valence-corrected chi connectivity index (χ3v) is 7.61. The van der Waals surface area contributed by atoms with E-state index in [1.165, 1.54) is 21.5 Å². The molecule has 5 rings (SSSR count). The van der Waals surface area contributed by atoms with Crippen molar-refractivity contribution in [2.75, 3.05) is 6.61 Å². The first-order valence-electron chi connectivity index (χ1n) is 9.79. The van der Waals surface area contributed by atoms with Gasteiger partial charge in [-0.05, 0) is 36.2 Å². The number of nitrogens with one attached hydrogen (secondary N) is 1. The Bertz CT molecular complexity index is 1030. The molecule has 29 heavy (non-hydrogen) atoms. The van der Waals surface area contributed by atoms with Crippen LogP contribution in [0.4, 0.5) is 0 Å². The fraction of sp³-hybridized carbons (Fsp3) is 0.0769. The molecule has 0 spiro atoms. The minimum absolute atomic E-state index is 0.169. The molecular formula is C26H21NOP. The largest absolute Gasteiger partial charge is 0.349 e. The highest BCUT2D eigenvalue weighted by molar-refractivity contribution is 7.77. The van der Waals surface area contributed by atoms with Crippen molar-refractivity contribution in [3.8, 4) is 0 Å². The van der Waals surface area contributed by atoms with Gasteiger partial charge in [-0.25, -0.2) is 0 Å². The zero-order valence-corrected chi connectivity index (χ0v) is 16.8. The van der Waals surface area contributed by atoms with Crippen LogP contribution in [0.1, 0.15) is 11.6 Å². The van der Waals surface area contributed by atoms with E-state index >= 15 is 0 Å². The summed E-state index contributed by atoms with van der Waals surface area (Å²) >= 11 is 0. The van der Waals surface area contributed by atoms with E-state index in [1.54, 1.807) is 0 Å². The Labute approximate surface area is 173 Å². The number of hydrogen-bond acceptors (Lipinski definition) is 2. The van der Waals surface area contributed by atoms with Gasteiger partial charge in [0.1, 0.15) is 0 Å². The van der Waals surface area contributed by atoms with Gasteiger partial charge in [-0.15, -0.1) is 5.73 Å². The molecule has 1 aliphatic heterocycles. The van der Waals surface area contributed by atoms with E-state index in [0.717, 1.165) is 11.8 Å². The van der Waals surface area contributed by atoms with E-state index in [9.17, 15) is 0 Å². The normalized spacial score (nSPS) is 18.9. The van der Waals surface area contributed by atoms with Crippen molar-refractivity contribution in [3.05, 3.63) is 132 Å². The summed E-state index contributed by atoms with van der Waals surface area (Å²) in [6.45, 7) is 0.631. The van der Waals surface area contributed by atoms with E-state index in [4.69, 9.17) is 4.74 Å². The molecule has 1 radical (unpaired) electrons. The van der Waals surface area contributed by atoms with Crippen molar-refractivity contribution < 1.29 is 4.74 Å². The van der Waals surface area contributed by atoms with Gasteiger partial charge in [0.2, 0.25) is 6.23 Å². The van der Waals surface area contributed by atoms with Crippen molar-refractivity contribution in [1.82, 2.24) is 5.32 Å². The molecule has 0 saturated carbocycles. The van der Waals surface area contributed by atoms with E-state index in [1.807, 2.05) is 12.1 Å². The summed E-state index contributed by atoms with van der Waals surface area (Å²) in [4.78, 5) is 0. The van der Waals surface area contributed by atoms with Gasteiger partial charge in [0.25, 0.3) is 0 Å². The molecule has 3 aromatic carbocycles. The van der Waals surface area contributed by atoms with E-state index < -0.39 is 7.92 Å². The Kier molecular flexibility index (Phi) is 5.26. The lowest BCUT2D eigenvalue weighted by molar-refractivity contribution is 0.208. The number of benzene rings is 3. The Morgan fingerprint density at radius 3 is 2.00 bits per heavy atom. The quantitative estimate of drug-likeness (QED) is 0.488. The summed E-state index contributed by atoms with van der Waals surface area (Å²) in [6.07, 6.45) is 5.03. The van der Waals surface area contributed by atoms with Crippen LogP contribution >= 0.6 is 7.92 Å². The van der Waals surface area contributed by atoms with E-state index in [-0.39, 0.29) is 6.04 Å². The second-order valence-electron chi connectivity index (χ2n) is 6.99. The highest BCUT2D eigenvalue weighted by Crippen LogP contribution is 2.50. The number of hydrogen-bond donors (Lipinski definition) is 1. The summed E-state index contributed by atoms with van der Waals surface area (Å²) < 4.78 is 6.11. The van der Waals surface area contributed by atoms with Crippen LogP contribution < -0.4 is 15.9 Å². The standard InChI is InChI=1S/C26H21NOP/c1-4-11-20(12-5-1)24-19-28-26(27-24)23-17-10-18-25(23)29(21-13-6-2-7-14-21)22-15-8-3-9-16-22/h1-16,18,24,27H,19H2/t24-/m1/s1. The molecule has 3 aromatic rings. The highest BCUT2D eigenvalue weighted by Gasteiger charge is 2.35. The maximum Gasteiger partial charge on any atom is 0.202 e. The number of rotatable bonds is 5. The summed E-state index contributed by atoms with van der Waals surface area (Å²) in [5.74, 6) is 0. The first-order valence-corrected chi connectivity index (χ1v) is 11.1. The van der Waals surface area contributed by atoms with Gasteiger partial charge in [0.05, 0.1) is 18.2 Å². The zero-order valence-electron chi connectivity index (χ0n) is 16.0. The lowest BCUT2D eigenvalue weighted by Gasteiger charge is -2.24. The Hall–Kier alpha value is -2.73. The summed E-state index contributed by atoms with van der Waals surface area (Å²) in [5, 5.41) is 7.51. The van der Waals surface area contributed by atoms with Gasteiger partial charge < -0.3 is 4.74 Å². The van der Waals surface area contributed by atoms with E-state index in [2.05, 4.69) is 102 Å². The van der Waals surface area contributed by atoms with Crippen LogP contribution in [-0.4, -0.2) is 6.61 Å². The molecule has 1 heterocycles. The molecule has 1 atom stereocenters. The minimum atomic E-state index is -0.686. The molecule has 0 amide bonds. The lowest BCUT2D eigenvalue weighted by atomic mass is 10.1. The second kappa shape index (κ2) is 8.33. The van der Waals surface area contributed by atoms with Gasteiger partial charge in [-0.1, -0.05) is 91.0 Å². The Morgan fingerprint density at radius 1 is 0.793 bits per heavy atom. The molecule has 1 aliphatic carbocycles. The first-order chi connectivity index (χ1) is 14.4. The number of ether oxygens (including phenoxy) is 1. The summed E-state index contributed by atoms with van der Waals surface area (Å²) in [7, 11) is -0.686. The van der Waals surface area contributed by atoms with Gasteiger partial charge in [0, 0.05) is 5.31 Å². The second-order valence-corrected chi connectivity index (χ2v) is 9.18.